The zero-order chi connectivity index (χ0) is 16.5. The van der Waals surface area contributed by atoms with Crippen LogP contribution in [0.4, 0.5) is 4.79 Å². The maximum absolute atomic E-state index is 12.4. The Kier molecular flexibility index (Phi) is 5.00. The second-order valence-corrected chi connectivity index (χ2v) is 7.31. The fourth-order valence-corrected chi connectivity index (χ4v) is 2.83. The predicted molar refractivity (Wildman–Crippen MR) is 82.5 cm³/mol. The summed E-state index contributed by atoms with van der Waals surface area (Å²) in [7, 11) is 1.68. The second kappa shape index (κ2) is 6.44. The summed E-state index contributed by atoms with van der Waals surface area (Å²) >= 11 is 0. The van der Waals surface area contributed by atoms with Crippen molar-refractivity contribution in [2.75, 3.05) is 13.7 Å². The van der Waals surface area contributed by atoms with Crippen LogP contribution in [0.1, 0.15) is 47.0 Å². The van der Waals surface area contributed by atoms with Crippen LogP contribution < -0.4 is 5.32 Å². The number of carbonyl (C=O) groups excluding carboxylic acids is 2. The molecular formula is C16H28N2O4. The van der Waals surface area contributed by atoms with Gasteiger partial charge in [0.1, 0.15) is 11.6 Å². The van der Waals surface area contributed by atoms with Crippen molar-refractivity contribution in [3.8, 4) is 0 Å². The van der Waals surface area contributed by atoms with Crippen LogP contribution in [0.5, 0.6) is 0 Å². The van der Waals surface area contributed by atoms with Crippen LogP contribution in [0.3, 0.4) is 0 Å². The molecule has 6 nitrogen and oxygen atoms in total. The van der Waals surface area contributed by atoms with Crippen molar-refractivity contribution in [2.45, 2.75) is 70.7 Å². The minimum Gasteiger partial charge on any atom is -0.444 e. The monoisotopic (exact) mass is 312 g/mol. The summed E-state index contributed by atoms with van der Waals surface area (Å²) in [5.74, 6) is 0.427. The first kappa shape index (κ1) is 17.1. The molecule has 0 aromatic heterocycles. The molecule has 1 aliphatic heterocycles. The van der Waals surface area contributed by atoms with Gasteiger partial charge in [0.05, 0.1) is 12.1 Å². The quantitative estimate of drug-likeness (QED) is 0.842. The largest absolute Gasteiger partial charge is 0.444 e. The van der Waals surface area contributed by atoms with E-state index in [0.717, 1.165) is 12.8 Å². The van der Waals surface area contributed by atoms with Crippen LogP contribution in [0.2, 0.25) is 0 Å². The van der Waals surface area contributed by atoms with Crippen molar-refractivity contribution < 1.29 is 19.1 Å². The zero-order valence-corrected chi connectivity index (χ0v) is 14.2. The van der Waals surface area contributed by atoms with Gasteiger partial charge in [-0.15, -0.1) is 0 Å². The van der Waals surface area contributed by atoms with Gasteiger partial charge < -0.3 is 14.8 Å². The van der Waals surface area contributed by atoms with E-state index >= 15 is 0 Å². The first-order valence-electron chi connectivity index (χ1n) is 8.05. The molecule has 22 heavy (non-hydrogen) atoms. The molecule has 0 radical (unpaired) electrons. The maximum atomic E-state index is 12.4. The van der Waals surface area contributed by atoms with Crippen LogP contribution in [-0.4, -0.2) is 54.3 Å². The van der Waals surface area contributed by atoms with Gasteiger partial charge in [-0.2, -0.15) is 0 Å². The van der Waals surface area contributed by atoms with E-state index in [0.29, 0.717) is 18.9 Å². The molecule has 1 N–H and O–H groups in total. The van der Waals surface area contributed by atoms with Crippen molar-refractivity contribution in [1.29, 1.82) is 0 Å². The van der Waals surface area contributed by atoms with Gasteiger partial charge in [-0.25, -0.2) is 4.79 Å². The number of carbonyl (C=O) groups is 2. The Morgan fingerprint density at radius 1 is 1.23 bits per heavy atom. The second-order valence-electron chi connectivity index (χ2n) is 7.31. The van der Waals surface area contributed by atoms with E-state index in [1.54, 1.807) is 7.11 Å². The number of nitrogens with one attached hydrogen (secondary N) is 1. The fourth-order valence-electron chi connectivity index (χ4n) is 2.83. The minimum absolute atomic E-state index is 0.0499. The first-order valence-corrected chi connectivity index (χ1v) is 8.05. The number of nitrogens with zero attached hydrogens (tertiary/aromatic N) is 1. The number of ether oxygens (including phenoxy) is 2. The van der Waals surface area contributed by atoms with E-state index in [4.69, 9.17) is 9.47 Å². The smallest absolute Gasteiger partial charge is 0.410 e. The number of amides is 2. The molecule has 1 heterocycles. The topological polar surface area (TPSA) is 67.9 Å². The fraction of sp³-hybridized carbons (Fsp3) is 0.875. The third-order valence-electron chi connectivity index (χ3n) is 4.17. The van der Waals surface area contributed by atoms with E-state index in [-0.39, 0.29) is 18.1 Å². The highest BCUT2D eigenvalue weighted by molar-refractivity contribution is 5.87. The zero-order valence-electron chi connectivity index (χ0n) is 14.2. The molecule has 126 valence electrons. The van der Waals surface area contributed by atoms with E-state index in [2.05, 4.69) is 5.32 Å². The van der Waals surface area contributed by atoms with Crippen LogP contribution in [-0.2, 0) is 14.3 Å². The first-order chi connectivity index (χ1) is 10.2. The van der Waals surface area contributed by atoms with E-state index in [1.165, 1.54) is 4.90 Å². The van der Waals surface area contributed by atoms with Crippen molar-refractivity contribution in [2.24, 2.45) is 5.92 Å². The molecule has 2 rings (SSSR count). The van der Waals surface area contributed by atoms with E-state index in [9.17, 15) is 9.59 Å². The lowest BCUT2D eigenvalue weighted by Crippen LogP contribution is -2.61. The third kappa shape index (κ3) is 4.12. The van der Waals surface area contributed by atoms with Gasteiger partial charge in [-0.1, -0.05) is 0 Å². The number of methoxy groups -OCH3 is 1. The van der Waals surface area contributed by atoms with Crippen molar-refractivity contribution >= 4 is 12.0 Å². The molecule has 0 bridgehead atoms. The summed E-state index contributed by atoms with van der Waals surface area (Å²) in [6, 6.07) is -0.472. The summed E-state index contributed by atoms with van der Waals surface area (Å²) in [6.07, 6.45) is 2.63. The van der Waals surface area contributed by atoms with Gasteiger partial charge in [0, 0.05) is 13.7 Å². The molecule has 6 heteroatoms. The number of hydrogen-bond donors (Lipinski definition) is 1. The van der Waals surface area contributed by atoms with Crippen LogP contribution in [0.15, 0.2) is 0 Å². The summed E-state index contributed by atoms with van der Waals surface area (Å²) in [5, 5.41) is 2.99. The van der Waals surface area contributed by atoms with Crippen LogP contribution in [0.25, 0.3) is 0 Å². The van der Waals surface area contributed by atoms with Gasteiger partial charge in [-0.05, 0) is 52.9 Å². The van der Waals surface area contributed by atoms with Crippen molar-refractivity contribution in [3.05, 3.63) is 0 Å². The highest BCUT2D eigenvalue weighted by atomic mass is 16.6. The number of hydrogen-bond acceptors (Lipinski definition) is 4. The molecule has 0 spiro atoms. The molecule has 3 atom stereocenters. The van der Waals surface area contributed by atoms with Crippen molar-refractivity contribution in [3.63, 3.8) is 0 Å². The molecule has 0 aromatic rings. The van der Waals surface area contributed by atoms with Gasteiger partial charge in [-0.3, -0.25) is 9.69 Å². The molecule has 0 aromatic carbocycles. The summed E-state index contributed by atoms with van der Waals surface area (Å²) in [5.41, 5.74) is -0.548. The molecule has 0 unspecified atom stereocenters. The minimum atomic E-state index is -0.548. The Balaban J connectivity index is 1.85. The Hall–Kier alpha value is -1.30. The number of rotatable bonds is 5. The van der Waals surface area contributed by atoms with Gasteiger partial charge in [0.25, 0.3) is 0 Å². The van der Waals surface area contributed by atoms with Crippen LogP contribution >= 0.6 is 0 Å². The van der Waals surface area contributed by atoms with Gasteiger partial charge in [0.2, 0.25) is 5.91 Å². The molecular weight excluding hydrogens is 284 g/mol. The number of likely N-dealkylation sites (tertiary alicyclic amines) is 1. The molecule has 2 aliphatic rings. The normalized spacial score (nSPS) is 24.2. The Morgan fingerprint density at radius 3 is 2.27 bits per heavy atom. The standard InChI is InChI=1S/C16H28N2O4/c1-10(13(21-5)11-6-7-11)17-14(19)12-8-9-18(12)15(20)22-16(2,3)4/h10-13H,6-9H2,1-5H3,(H,17,19)/t10-,12-,13-/m1/s1. The molecule has 1 saturated carbocycles. The highest BCUT2D eigenvalue weighted by Gasteiger charge is 2.42. The van der Waals surface area contributed by atoms with Crippen molar-refractivity contribution in [1.82, 2.24) is 10.2 Å². The van der Waals surface area contributed by atoms with Gasteiger partial charge in [0.15, 0.2) is 0 Å². The third-order valence-corrected chi connectivity index (χ3v) is 4.17. The lowest BCUT2D eigenvalue weighted by atomic mass is 10.0. The molecule has 2 amide bonds. The maximum Gasteiger partial charge on any atom is 0.410 e. The Bertz CT molecular complexity index is 428. The summed E-state index contributed by atoms with van der Waals surface area (Å²) in [4.78, 5) is 25.9. The average molecular weight is 312 g/mol. The lowest BCUT2D eigenvalue weighted by Gasteiger charge is -2.40. The molecule has 1 saturated heterocycles. The van der Waals surface area contributed by atoms with E-state index in [1.807, 2.05) is 27.7 Å². The van der Waals surface area contributed by atoms with Gasteiger partial charge >= 0.3 is 6.09 Å². The average Bonchev–Trinajstić information content (AvgIpc) is 3.09. The summed E-state index contributed by atoms with van der Waals surface area (Å²) in [6.45, 7) is 7.99. The lowest BCUT2D eigenvalue weighted by molar-refractivity contribution is -0.132. The molecule has 1 aliphatic carbocycles. The predicted octanol–water partition coefficient (Wildman–Crippen LogP) is 1.93. The Morgan fingerprint density at radius 2 is 1.86 bits per heavy atom. The molecule has 2 fully saturated rings. The van der Waals surface area contributed by atoms with E-state index < -0.39 is 17.7 Å². The highest BCUT2D eigenvalue weighted by Crippen LogP contribution is 2.35. The SMILES string of the molecule is CO[C@@H](C1CC1)[C@@H](C)NC(=O)[C@H]1CCN1C(=O)OC(C)(C)C. The summed E-state index contributed by atoms with van der Waals surface area (Å²) < 4.78 is 10.8. The van der Waals surface area contributed by atoms with Crippen LogP contribution in [0, 0.1) is 5.92 Å². The Labute approximate surface area is 132 Å².